The lowest BCUT2D eigenvalue weighted by Crippen LogP contribution is -2.43. The van der Waals surface area contributed by atoms with Crippen LogP contribution in [-0.2, 0) is 22.3 Å². The zero-order valence-electron chi connectivity index (χ0n) is 17.2. The highest BCUT2D eigenvalue weighted by molar-refractivity contribution is 14.0. The minimum atomic E-state index is -4.68. The number of nitrogens with one attached hydrogen (secondary N) is 2. The van der Waals surface area contributed by atoms with Crippen molar-refractivity contribution in [3.8, 4) is 0 Å². The van der Waals surface area contributed by atoms with Crippen LogP contribution in [0, 0.1) is 29.5 Å². The van der Waals surface area contributed by atoms with Gasteiger partial charge < -0.3 is 10.6 Å². The quantitative estimate of drug-likeness (QED) is 0.144. The van der Waals surface area contributed by atoms with Crippen molar-refractivity contribution in [3.63, 3.8) is 0 Å². The zero-order chi connectivity index (χ0) is 22.3. The number of hydrogen-bond acceptors (Lipinski definition) is 3. The van der Waals surface area contributed by atoms with Gasteiger partial charge >= 0.3 is 6.18 Å². The van der Waals surface area contributed by atoms with Crippen LogP contribution >= 0.6 is 24.0 Å². The van der Waals surface area contributed by atoms with Crippen molar-refractivity contribution in [1.82, 2.24) is 15.5 Å². The Bertz CT molecular complexity index is 936. The molecule has 0 spiro atoms. The highest BCUT2D eigenvalue weighted by Gasteiger charge is 2.58. The third-order valence-corrected chi connectivity index (χ3v) is 6.24. The van der Waals surface area contributed by atoms with Crippen molar-refractivity contribution < 1.29 is 27.2 Å². The van der Waals surface area contributed by atoms with Gasteiger partial charge in [-0.2, -0.15) is 13.2 Å². The molecule has 11 heteroatoms. The molecule has 2 N–H and O–H groups in total. The van der Waals surface area contributed by atoms with Crippen LogP contribution in [0.15, 0.2) is 35.3 Å². The summed E-state index contributed by atoms with van der Waals surface area (Å²) >= 11 is 0. The lowest BCUT2D eigenvalue weighted by atomic mass is 9.85. The number of nitrogens with zero attached hydrogens (tertiary/aromatic N) is 2. The minimum absolute atomic E-state index is 0. The minimum Gasteiger partial charge on any atom is -0.355 e. The van der Waals surface area contributed by atoms with E-state index >= 15 is 0 Å². The molecule has 1 aromatic rings. The lowest BCUT2D eigenvalue weighted by molar-refractivity contribution is -0.141. The number of benzene rings is 1. The Kier molecular flexibility index (Phi) is 7.15. The average Bonchev–Trinajstić information content (AvgIpc) is 3.40. The molecule has 1 heterocycles. The average molecular weight is 566 g/mol. The second-order valence-electron chi connectivity index (χ2n) is 7.98. The van der Waals surface area contributed by atoms with Crippen LogP contribution in [-0.4, -0.2) is 42.8 Å². The van der Waals surface area contributed by atoms with E-state index in [-0.39, 0.29) is 90.6 Å². The van der Waals surface area contributed by atoms with E-state index in [2.05, 4.69) is 15.6 Å². The van der Waals surface area contributed by atoms with Crippen molar-refractivity contribution in [2.45, 2.75) is 19.1 Å². The molecule has 3 aliphatic rings. The van der Waals surface area contributed by atoms with E-state index in [1.54, 1.807) is 0 Å². The monoisotopic (exact) mass is 566 g/mol. The normalized spacial score (nSPS) is 26.4. The van der Waals surface area contributed by atoms with Crippen molar-refractivity contribution in [2.24, 2.45) is 28.7 Å². The van der Waals surface area contributed by atoms with Crippen molar-refractivity contribution in [3.05, 3.63) is 47.3 Å². The van der Waals surface area contributed by atoms with Gasteiger partial charge in [-0.1, -0.05) is 18.2 Å². The Morgan fingerprint density at radius 1 is 1.12 bits per heavy atom. The van der Waals surface area contributed by atoms with Gasteiger partial charge in [0.05, 0.1) is 17.4 Å². The third-order valence-electron chi connectivity index (χ3n) is 6.24. The van der Waals surface area contributed by atoms with Crippen LogP contribution in [0.2, 0.25) is 0 Å². The van der Waals surface area contributed by atoms with Gasteiger partial charge in [0, 0.05) is 26.7 Å². The van der Waals surface area contributed by atoms with Gasteiger partial charge in [0.15, 0.2) is 5.96 Å². The summed E-state index contributed by atoms with van der Waals surface area (Å²) in [6.07, 6.45) is 0.224. The number of rotatable bonds is 5. The number of hydrogen-bond donors (Lipinski definition) is 2. The summed E-state index contributed by atoms with van der Waals surface area (Å²) in [5, 5.41) is 5.65. The number of likely N-dealkylation sites (tertiary alicyclic amines) is 1. The molecule has 1 saturated carbocycles. The molecule has 2 fully saturated rings. The number of halogens is 5. The van der Waals surface area contributed by atoms with Gasteiger partial charge in [0.25, 0.3) is 0 Å². The molecule has 6 nitrogen and oxygen atoms in total. The predicted octanol–water partition coefficient (Wildman–Crippen LogP) is 2.93. The van der Waals surface area contributed by atoms with Gasteiger partial charge in [-0.05, 0) is 36.0 Å². The lowest BCUT2D eigenvalue weighted by Gasteiger charge is -2.19. The first-order chi connectivity index (χ1) is 14.7. The first-order valence-corrected chi connectivity index (χ1v) is 10.0. The van der Waals surface area contributed by atoms with Crippen LogP contribution in [0.25, 0.3) is 0 Å². The fraction of sp³-hybridized carbons (Fsp3) is 0.476. The van der Waals surface area contributed by atoms with Gasteiger partial charge in [-0.25, -0.2) is 4.39 Å². The van der Waals surface area contributed by atoms with Gasteiger partial charge in [-0.15, -0.1) is 24.0 Å². The van der Waals surface area contributed by atoms with E-state index in [0.29, 0.717) is 6.07 Å². The van der Waals surface area contributed by atoms with Gasteiger partial charge in [0.1, 0.15) is 5.82 Å². The van der Waals surface area contributed by atoms with E-state index in [1.807, 2.05) is 12.2 Å². The van der Waals surface area contributed by atoms with Crippen LogP contribution in [0.1, 0.15) is 17.5 Å². The number of imide groups is 1. The molecule has 0 aromatic heterocycles. The molecule has 174 valence electrons. The second-order valence-corrected chi connectivity index (χ2v) is 7.98. The molecule has 4 rings (SSSR count). The number of alkyl halides is 3. The Morgan fingerprint density at radius 2 is 1.75 bits per heavy atom. The predicted molar refractivity (Wildman–Crippen MR) is 119 cm³/mol. The summed E-state index contributed by atoms with van der Waals surface area (Å²) in [6, 6.07) is 2.49. The summed E-state index contributed by atoms with van der Waals surface area (Å²) in [5.74, 6) is -1.32. The maximum atomic E-state index is 13.2. The van der Waals surface area contributed by atoms with Crippen LogP contribution in [0.3, 0.4) is 0 Å². The Morgan fingerprint density at radius 3 is 2.31 bits per heavy atom. The fourth-order valence-corrected chi connectivity index (χ4v) is 4.84. The van der Waals surface area contributed by atoms with Gasteiger partial charge in [0.2, 0.25) is 11.8 Å². The van der Waals surface area contributed by atoms with Gasteiger partial charge in [-0.3, -0.25) is 19.5 Å². The topological polar surface area (TPSA) is 73.8 Å². The molecule has 2 amide bonds. The zero-order valence-corrected chi connectivity index (χ0v) is 19.5. The van der Waals surface area contributed by atoms with Crippen LogP contribution in [0.5, 0.6) is 0 Å². The number of amides is 2. The molecular weight excluding hydrogens is 543 g/mol. The Hall–Kier alpha value is -2.18. The first-order valence-electron chi connectivity index (χ1n) is 10.0. The SMILES string of the molecule is CN=C(NCCN1C(=O)C2C3C=CC(C3)C2C1=O)NCc1ccc(F)cc1C(F)(F)F.I. The number of carbonyl (C=O) groups is 2. The fourth-order valence-electron chi connectivity index (χ4n) is 4.84. The summed E-state index contributed by atoms with van der Waals surface area (Å²) in [5.41, 5.74) is -1.18. The number of guanidine groups is 1. The summed E-state index contributed by atoms with van der Waals surface area (Å²) in [7, 11) is 1.45. The first kappa shape index (κ1) is 24.5. The molecular formula is C21H23F4IN4O2. The van der Waals surface area contributed by atoms with E-state index in [0.717, 1.165) is 18.6 Å². The van der Waals surface area contributed by atoms with Crippen molar-refractivity contribution in [2.75, 3.05) is 20.1 Å². The third kappa shape index (κ3) is 4.48. The van der Waals surface area contributed by atoms with E-state index in [4.69, 9.17) is 0 Å². The number of aliphatic imine (C=N–C) groups is 1. The highest BCUT2D eigenvalue weighted by atomic mass is 127. The molecule has 1 aliphatic heterocycles. The maximum absolute atomic E-state index is 13.2. The van der Waals surface area contributed by atoms with E-state index < -0.39 is 17.6 Å². The van der Waals surface area contributed by atoms with Crippen LogP contribution in [0.4, 0.5) is 17.6 Å². The molecule has 1 aromatic carbocycles. The van der Waals surface area contributed by atoms with Crippen molar-refractivity contribution in [1.29, 1.82) is 0 Å². The Balaban J connectivity index is 0.00000289. The molecule has 0 radical (unpaired) electrons. The Labute approximate surface area is 199 Å². The summed E-state index contributed by atoms with van der Waals surface area (Å²) in [4.78, 5) is 30.5. The maximum Gasteiger partial charge on any atom is 0.416 e. The van der Waals surface area contributed by atoms with Crippen LogP contribution < -0.4 is 10.6 Å². The molecule has 1 saturated heterocycles. The summed E-state index contributed by atoms with van der Waals surface area (Å²) < 4.78 is 52.6. The molecule has 4 unspecified atom stereocenters. The van der Waals surface area contributed by atoms with E-state index in [1.165, 1.54) is 11.9 Å². The number of fused-ring (bicyclic) bond motifs is 5. The highest BCUT2D eigenvalue weighted by Crippen LogP contribution is 2.52. The second kappa shape index (κ2) is 9.36. The smallest absolute Gasteiger partial charge is 0.355 e. The largest absolute Gasteiger partial charge is 0.416 e. The number of carbonyl (C=O) groups excluding carboxylic acids is 2. The molecule has 2 bridgehead atoms. The summed E-state index contributed by atoms with van der Waals surface area (Å²) in [6.45, 7) is 0.125. The molecule has 2 aliphatic carbocycles. The molecule has 32 heavy (non-hydrogen) atoms. The number of allylic oxidation sites excluding steroid dienone is 2. The van der Waals surface area contributed by atoms with Crippen molar-refractivity contribution >= 4 is 41.8 Å². The molecule has 4 atom stereocenters. The standard InChI is InChI=1S/C21H22F4N4O2.HI/c1-26-20(28-10-13-4-5-14(22)9-15(13)21(23,24)25)27-6-7-29-18(30)16-11-2-3-12(8-11)17(16)19(29)31;/h2-5,9,11-12,16-17H,6-8,10H2,1H3,(H2,26,27,28);1H. The van der Waals surface area contributed by atoms with E-state index in [9.17, 15) is 27.2 Å².